The molecule has 0 spiro atoms. The van der Waals surface area contributed by atoms with Crippen LogP contribution in [0.15, 0.2) is 22.6 Å². The zero-order chi connectivity index (χ0) is 17.2. The number of rotatable bonds is 5. The lowest BCUT2D eigenvalue weighted by Crippen LogP contribution is -2.44. The molecule has 1 aromatic rings. The van der Waals surface area contributed by atoms with Crippen LogP contribution in [0.25, 0.3) is 0 Å². The Morgan fingerprint density at radius 2 is 2.25 bits per heavy atom. The van der Waals surface area contributed by atoms with Gasteiger partial charge in [0.15, 0.2) is 9.84 Å². The first kappa shape index (κ1) is 17.1. The first-order valence-corrected chi connectivity index (χ1v) is 10.6. The Morgan fingerprint density at radius 3 is 2.92 bits per heavy atom. The molecule has 0 bridgehead atoms. The first-order chi connectivity index (χ1) is 11.4. The number of nitrogens with zero attached hydrogens (tertiary/aromatic N) is 2. The molecule has 24 heavy (non-hydrogen) atoms. The summed E-state index contributed by atoms with van der Waals surface area (Å²) in [6.07, 6.45) is 1.61. The molecule has 1 N–H and O–H groups in total. The summed E-state index contributed by atoms with van der Waals surface area (Å²) in [7, 11) is -3.11. The summed E-state index contributed by atoms with van der Waals surface area (Å²) in [5.41, 5.74) is 0.296. The van der Waals surface area contributed by atoms with Crippen LogP contribution < -0.4 is 5.32 Å². The lowest BCUT2D eigenvalue weighted by atomic mass is 10.1. The fraction of sp³-hybridized carbons (Fsp3) is 0.533. The third-order valence-corrected chi connectivity index (χ3v) is 6.80. The molecule has 0 saturated carbocycles. The Labute approximate surface area is 144 Å². The van der Waals surface area contributed by atoms with E-state index in [-0.39, 0.29) is 29.7 Å². The fourth-order valence-corrected chi connectivity index (χ4v) is 5.25. The zero-order valence-electron chi connectivity index (χ0n) is 13.1. The third-order valence-electron chi connectivity index (χ3n) is 4.11. The predicted molar refractivity (Wildman–Crippen MR) is 91.6 cm³/mol. The number of hydrogen-bond acceptors (Lipinski definition) is 6. The van der Waals surface area contributed by atoms with Crippen molar-refractivity contribution in [2.24, 2.45) is 5.10 Å². The van der Waals surface area contributed by atoms with Crippen LogP contribution >= 0.6 is 11.3 Å². The molecule has 7 nitrogen and oxygen atoms in total. The van der Waals surface area contributed by atoms with Crippen LogP contribution in [-0.2, 0) is 25.8 Å². The van der Waals surface area contributed by atoms with Crippen molar-refractivity contribution >= 4 is 38.7 Å². The van der Waals surface area contributed by atoms with Crippen molar-refractivity contribution in [1.82, 2.24) is 10.3 Å². The van der Waals surface area contributed by atoms with Gasteiger partial charge in [-0.1, -0.05) is 6.07 Å². The maximum Gasteiger partial charge on any atom is 0.267 e. The SMILES string of the molecule is O=C(NCCc1cccs1)C1=NN([C@@H]2CCS(=O)(=O)C2)C(=O)CC1. The maximum absolute atomic E-state index is 12.2. The summed E-state index contributed by atoms with van der Waals surface area (Å²) >= 11 is 1.64. The molecule has 0 aliphatic carbocycles. The lowest BCUT2D eigenvalue weighted by Gasteiger charge is -2.27. The summed E-state index contributed by atoms with van der Waals surface area (Å²) in [5.74, 6) is -0.508. The Morgan fingerprint density at radius 1 is 1.42 bits per heavy atom. The highest BCUT2D eigenvalue weighted by Crippen LogP contribution is 2.22. The van der Waals surface area contributed by atoms with Gasteiger partial charge < -0.3 is 5.32 Å². The van der Waals surface area contributed by atoms with Crippen LogP contribution in [0.5, 0.6) is 0 Å². The number of thiophene rings is 1. The molecular weight excluding hydrogens is 350 g/mol. The van der Waals surface area contributed by atoms with E-state index in [9.17, 15) is 18.0 Å². The van der Waals surface area contributed by atoms with Gasteiger partial charge in [-0.3, -0.25) is 9.59 Å². The van der Waals surface area contributed by atoms with Crippen molar-refractivity contribution < 1.29 is 18.0 Å². The molecule has 2 aliphatic heterocycles. The van der Waals surface area contributed by atoms with E-state index in [4.69, 9.17) is 0 Å². The Kier molecular flexibility index (Phi) is 5.00. The standard InChI is InChI=1S/C15H19N3O4S2/c19-14-4-3-13(15(20)16-7-5-12-2-1-8-23-12)17-18(14)11-6-9-24(21,22)10-11/h1-2,8,11H,3-7,9-10H2,(H,16,20)/t11-/m1/s1. The monoisotopic (exact) mass is 369 g/mol. The number of amides is 2. The van der Waals surface area contributed by atoms with Gasteiger partial charge in [0, 0.05) is 24.3 Å². The summed E-state index contributed by atoms with van der Waals surface area (Å²) < 4.78 is 23.2. The molecule has 2 amide bonds. The second-order valence-corrected chi connectivity index (χ2v) is 9.19. The van der Waals surface area contributed by atoms with E-state index >= 15 is 0 Å². The highest BCUT2D eigenvalue weighted by atomic mass is 32.2. The van der Waals surface area contributed by atoms with Crippen molar-refractivity contribution in [3.8, 4) is 0 Å². The van der Waals surface area contributed by atoms with E-state index < -0.39 is 15.9 Å². The Bertz CT molecular complexity index is 756. The molecule has 130 valence electrons. The number of hydrogen-bond donors (Lipinski definition) is 1. The minimum absolute atomic E-state index is 0.0688. The normalized spacial score (nSPS) is 23.2. The third kappa shape index (κ3) is 4.02. The lowest BCUT2D eigenvalue weighted by molar-refractivity contribution is -0.133. The molecule has 1 fully saturated rings. The molecule has 0 aromatic carbocycles. The molecular formula is C15H19N3O4S2. The van der Waals surface area contributed by atoms with E-state index in [1.54, 1.807) is 11.3 Å². The van der Waals surface area contributed by atoms with Gasteiger partial charge in [0.1, 0.15) is 5.71 Å². The molecule has 9 heteroatoms. The Balaban J connectivity index is 1.60. The van der Waals surface area contributed by atoms with Gasteiger partial charge >= 0.3 is 0 Å². The minimum atomic E-state index is -3.11. The van der Waals surface area contributed by atoms with Crippen molar-refractivity contribution in [3.05, 3.63) is 22.4 Å². The first-order valence-electron chi connectivity index (χ1n) is 7.85. The predicted octanol–water partition coefficient (Wildman–Crippen LogP) is 0.572. The van der Waals surface area contributed by atoms with Gasteiger partial charge in [-0.25, -0.2) is 13.4 Å². The number of carbonyl (C=O) groups is 2. The zero-order valence-corrected chi connectivity index (χ0v) is 14.7. The molecule has 1 saturated heterocycles. The molecule has 3 rings (SSSR count). The number of hydrazone groups is 1. The van der Waals surface area contributed by atoms with Crippen LogP contribution in [0.1, 0.15) is 24.1 Å². The van der Waals surface area contributed by atoms with Crippen molar-refractivity contribution in [3.63, 3.8) is 0 Å². The quantitative estimate of drug-likeness (QED) is 0.821. The second kappa shape index (κ2) is 7.02. The van der Waals surface area contributed by atoms with E-state index in [0.717, 1.165) is 6.42 Å². The summed E-state index contributed by atoms with van der Waals surface area (Å²) in [4.78, 5) is 25.4. The maximum atomic E-state index is 12.2. The molecule has 0 radical (unpaired) electrons. The molecule has 1 atom stereocenters. The number of carbonyl (C=O) groups excluding carboxylic acids is 2. The smallest absolute Gasteiger partial charge is 0.267 e. The van der Waals surface area contributed by atoms with Gasteiger partial charge in [0.25, 0.3) is 5.91 Å². The van der Waals surface area contributed by atoms with Crippen molar-refractivity contribution in [2.45, 2.75) is 31.7 Å². The number of nitrogens with one attached hydrogen (secondary N) is 1. The molecule has 0 unspecified atom stereocenters. The van der Waals surface area contributed by atoms with Crippen LogP contribution in [0.2, 0.25) is 0 Å². The Hall–Kier alpha value is -1.74. The number of sulfone groups is 1. The average Bonchev–Trinajstić information content (AvgIpc) is 3.17. The topological polar surface area (TPSA) is 95.9 Å². The van der Waals surface area contributed by atoms with Gasteiger partial charge in [-0.15, -0.1) is 11.3 Å². The van der Waals surface area contributed by atoms with Crippen LogP contribution in [-0.4, -0.2) is 55.0 Å². The average molecular weight is 369 g/mol. The second-order valence-electron chi connectivity index (χ2n) is 5.93. The fourth-order valence-electron chi connectivity index (χ4n) is 2.84. The van der Waals surface area contributed by atoms with E-state index in [0.29, 0.717) is 25.1 Å². The van der Waals surface area contributed by atoms with E-state index in [1.165, 1.54) is 9.89 Å². The van der Waals surface area contributed by atoms with Gasteiger partial charge in [0.05, 0.1) is 17.5 Å². The summed E-state index contributed by atoms with van der Waals surface area (Å²) in [6.45, 7) is 0.504. The summed E-state index contributed by atoms with van der Waals surface area (Å²) in [5, 5.41) is 10.2. The van der Waals surface area contributed by atoms with Crippen LogP contribution in [0.3, 0.4) is 0 Å². The van der Waals surface area contributed by atoms with E-state index in [2.05, 4.69) is 10.4 Å². The highest BCUT2D eigenvalue weighted by Gasteiger charge is 2.37. The van der Waals surface area contributed by atoms with Gasteiger partial charge in [0.2, 0.25) is 5.91 Å². The van der Waals surface area contributed by atoms with Crippen LogP contribution in [0, 0.1) is 0 Å². The largest absolute Gasteiger partial charge is 0.351 e. The minimum Gasteiger partial charge on any atom is -0.351 e. The van der Waals surface area contributed by atoms with E-state index in [1.807, 2.05) is 17.5 Å². The van der Waals surface area contributed by atoms with Gasteiger partial charge in [-0.05, 0) is 24.3 Å². The van der Waals surface area contributed by atoms with Crippen LogP contribution in [0.4, 0.5) is 0 Å². The van der Waals surface area contributed by atoms with Crippen molar-refractivity contribution in [2.75, 3.05) is 18.1 Å². The summed E-state index contributed by atoms with van der Waals surface area (Å²) in [6, 6.07) is 3.53. The molecule has 3 heterocycles. The van der Waals surface area contributed by atoms with Gasteiger partial charge in [-0.2, -0.15) is 5.10 Å². The molecule has 1 aromatic heterocycles. The highest BCUT2D eigenvalue weighted by molar-refractivity contribution is 7.91. The van der Waals surface area contributed by atoms with Crippen molar-refractivity contribution in [1.29, 1.82) is 0 Å². The molecule has 2 aliphatic rings.